The SMILES string of the molecule is O=C(/C=C/c1ccc(C(=O)NC2CC2)cc1)Nc1cccc(C(=O)NC2CC2)c1. The third-order valence-electron chi connectivity index (χ3n) is 4.82. The maximum atomic E-state index is 12.2. The number of carbonyl (C=O) groups excluding carboxylic acids is 3. The number of anilines is 1. The molecule has 2 saturated carbocycles. The molecular weight excluding hydrogens is 366 g/mol. The van der Waals surface area contributed by atoms with Crippen molar-refractivity contribution in [3.8, 4) is 0 Å². The molecule has 0 saturated heterocycles. The molecule has 2 aromatic rings. The lowest BCUT2D eigenvalue weighted by molar-refractivity contribution is -0.111. The number of hydrogen-bond acceptors (Lipinski definition) is 3. The van der Waals surface area contributed by atoms with E-state index in [9.17, 15) is 14.4 Å². The Kier molecular flexibility index (Phi) is 5.42. The number of carbonyl (C=O) groups is 3. The number of rotatable bonds is 7. The fourth-order valence-electron chi connectivity index (χ4n) is 2.83. The lowest BCUT2D eigenvalue weighted by atomic mass is 10.1. The van der Waals surface area contributed by atoms with E-state index in [0.717, 1.165) is 31.2 Å². The van der Waals surface area contributed by atoms with Crippen molar-refractivity contribution >= 4 is 29.5 Å². The minimum absolute atomic E-state index is 0.0635. The van der Waals surface area contributed by atoms with Crippen LogP contribution in [0, 0.1) is 0 Å². The molecule has 3 N–H and O–H groups in total. The van der Waals surface area contributed by atoms with E-state index in [1.165, 1.54) is 6.08 Å². The van der Waals surface area contributed by atoms with E-state index in [4.69, 9.17) is 0 Å². The predicted octanol–water partition coefficient (Wildman–Crippen LogP) is 3.12. The second-order valence-corrected chi connectivity index (χ2v) is 7.52. The molecule has 4 rings (SSSR count). The highest BCUT2D eigenvalue weighted by molar-refractivity contribution is 6.03. The van der Waals surface area contributed by atoms with Crippen LogP contribution in [0.15, 0.2) is 54.6 Å². The summed E-state index contributed by atoms with van der Waals surface area (Å²) in [7, 11) is 0. The van der Waals surface area contributed by atoms with E-state index in [-0.39, 0.29) is 23.8 Å². The Morgan fingerprint density at radius 3 is 2.03 bits per heavy atom. The van der Waals surface area contributed by atoms with Crippen molar-refractivity contribution in [1.29, 1.82) is 0 Å². The van der Waals surface area contributed by atoms with Gasteiger partial charge in [0.15, 0.2) is 0 Å². The van der Waals surface area contributed by atoms with Crippen molar-refractivity contribution in [1.82, 2.24) is 10.6 Å². The first kappa shape index (κ1) is 18.9. The van der Waals surface area contributed by atoms with Gasteiger partial charge in [-0.2, -0.15) is 0 Å². The van der Waals surface area contributed by atoms with Gasteiger partial charge in [-0.05, 0) is 67.7 Å². The summed E-state index contributed by atoms with van der Waals surface area (Å²) >= 11 is 0. The quantitative estimate of drug-likeness (QED) is 0.636. The molecule has 3 amide bonds. The second-order valence-electron chi connectivity index (χ2n) is 7.52. The van der Waals surface area contributed by atoms with Crippen LogP contribution in [0.2, 0.25) is 0 Å². The van der Waals surface area contributed by atoms with E-state index in [1.54, 1.807) is 54.6 Å². The van der Waals surface area contributed by atoms with Gasteiger partial charge in [0.1, 0.15) is 0 Å². The molecule has 0 atom stereocenters. The van der Waals surface area contributed by atoms with Crippen molar-refractivity contribution in [2.45, 2.75) is 37.8 Å². The van der Waals surface area contributed by atoms with Crippen LogP contribution in [-0.4, -0.2) is 29.8 Å². The maximum absolute atomic E-state index is 12.2. The first-order valence-corrected chi connectivity index (χ1v) is 9.88. The molecule has 2 aromatic carbocycles. The van der Waals surface area contributed by atoms with Gasteiger partial charge in [0, 0.05) is 35.0 Å². The zero-order chi connectivity index (χ0) is 20.2. The van der Waals surface area contributed by atoms with Gasteiger partial charge in [0.25, 0.3) is 11.8 Å². The molecule has 29 heavy (non-hydrogen) atoms. The van der Waals surface area contributed by atoms with Gasteiger partial charge in [-0.15, -0.1) is 0 Å². The number of benzene rings is 2. The maximum Gasteiger partial charge on any atom is 0.251 e. The van der Waals surface area contributed by atoms with Crippen LogP contribution in [0.25, 0.3) is 6.08 Å². The van der Waals surface area contributed by atoms with Gasteiger partial charge in [-0.3, -0.25) is 14.4 Å². The molecule has 0 aliphatic heterocycles. The summed E-state index contributed by atoms with van der Waals surface area (Å²) in [6.45, 7) is 0. The largest absolute Gasteiger partial charge is 0.349 e. The Morgan fingerprint density at radius 1 is 0.793 bits per heavy atom. The molecule has 0 bridgehead atoms. The molecule has 2 aliphatic carbocycles. The molecule has 0 unspecified atom stereocenters. The summed E-state index contributed by atoms with van der Waals surface area (Å²) in [5.41, 5.74) is 2.52. The minimum atomic E-state index is -0.291. The average Bonchev–Trinajstić information content (AvgIpc) is 3.64. The van der Waals surface area contributed by atoms with Gasteiger partial charge in [0.2, 0.25) is 5.91 Å². The molecule has 2 aliphatic rings. The van der Waals surface area contributed by atoms with Crippen molar-refractivity contribution in [3.63, 3.8) is 0 Å². The molecule has 6 heteroatoms. The minimum Gasteiger partial charge on any atom is -0.349 e. The molecule has 0 radical (unpaired) electrons. The van der Waals surface area contributed by atoms with Gasteiger partial charge in [-0.1, -0.05) is 18.2 Å². The first-order chi connectivity index (χ1) is 14.1. The van der Waals surface area contributed by atoms with Crippen LogP contribution in [0.4, 0.5) is 5.69 Å². The molecule has 0 heterocycles. The van der Waals surface area contributed by atoms with E-state index >= 15 is 0 Å². The standard InChI is InChI=1S/C23H23N3O3/c27-21(24-20-3-1-2-17(14-20)23(29)26-19-11-12-19)13-6-15-4-7-16(8-5-15)22(28)25-18-9-10-18/h1-8,13-14,18-19H,9-12H2,(H,24,27)(H,25,28)(H,26,29)/b13-6+. The van der Waals surface area contributed by atoms with Crippen LogP contribution >= 0.6 is 0 Å². The van der Waals surface area contributed by atoms with E-state index in [2.05, 4.69) is 16.0 Å². The van der Waals surface area contributed by atoms with Gasteiger partial charge >= 0.3 is 0 Å². The second kappa shape index (κ2) is 8.31. The third kappa shape index (κ3) is 5.54. The summed E-state index contributed by atoms with van der Waals surface area (Å²) < 4.78 is 0. The van der Waals surface area contributed by atoms with E-state index in [0.29, 0.717) is 22.9 Å². The Morgan fingerprint density at radius 2 is 1.41 bits per heavy atom. The Balaban J connectivity index is 1.32. The highest BCUT2D eigenvalue weighted by Gasteiger charge is 2.24. The lowest BCUT2D eigenvalue weighted by Gasteiger charge is -2.06. The normalized spacial score (nSPS) is 15.7. The molecule has 6 nitrogen and oxygen atoms in total. The van der Waals surface area contributed by atoms with Crippen molar-refractivity contribution in [2.24, 2.45) is 0 Å². The summed E-state index contributed by atoms with van der Waals surface area (Å²) in [6, 6.07) is 14.6. The Bertz CT molecular complexity index is 958. The number of hydrogen-bond donors (Lipinski definition) is 3. The monoisotopic (exact) mass is 389 g/mol. The van der Waals surface area contributed by atoms with Crippen molar-refractivity contribution in [3.05, 3.63) is 71.3 Å². The highest BCUT2D eigenvalue weighted by Crippen LogP contribution is 2.20. The van der Waals surface area contributed by atoms with Crippen LogP contribution < -0.4 is 16.0 Å². The van der Waals surface area contributed by atoms with Crippen LogP contribution in [0.3, 0.4) is 0 Å². The fraction of sp³-hybridized carbons (Fsp3) is 0.261. The Labute approximate surface area is 169 Å². The molecule has 148 valence electrons. The summed E-state index contributed by atoms with van der Waals surface area (Å²) in [6.07, 6.45) is 7.27. The van der Waals surface area contributed by atoms with Crippen LogP contribution in [0.1, 0.15) is 52.0 Å². The highest BCUT2D eigenvalue weighted by atomic mass is 16.2. The molecular formula is C23H23N3O3. The third-order valence-corrected chi connectivity index (χ3v) is 4.82. The van der Waals surface area contributed by atoms with Crippen LogP contribution in [0.5, 0.6) is 0 Å². The van der Waals surface area contributed by atoms with Gasteiger partial charge in [0.05, 0.1) is 0 Å². The van der Waals surface area contributed by atoms with Crippen LogP contribution in [-0.2, 0) is 4.79 Å². The van der Waals surface area contributed by atoms with Gasteiger partial charge in [-0.25, -0.2) is 0 Å². The average molecular weight is 389 g/mol. The smallest absolute Gasteiger partial charge is 0.251 e. The summed E-state index contributed by atoms with van der Waals surface area (Å²) in [5, 5.41) is 8.64. The topological polar surface area (TPSA) is 87.3 Å². The summed E-state index contributed by atoms with van der Waals surface area (Å²) in [5.74, 6) is -0.475. The molecule has 2 fully saturated rings. The Hall–Kier alpha value is -3.41. The molecule has 0 spiro atoms. The van der Waals surface area contributed by atoms with Gasteiger partial charge < -0.3 is 16.0 Å². The van der Waals surface area contributed by atoms with E-state index < -0.39 is 0 Å². The zero-order valence-electron chi connectivity index (χ0n) is 16.0. The van der Waals surface area contributed by atoms with Crippen molar-refractivity contribution in [2.75, 3.05) is 5.32 Å². The lowest BCUT2D eigenvalue weighted by Crippen LogP contribution is -2.25. The molecule has 0 aromatic heterocycles. The van der Waals surface area contributed by atoms with E-state index in [1.807, 2.05) is 0 Å². The zero-order valence-corrected chi connectivity index (χ0v) is 16.0. The first-order valence-electron chi connectivity index (χ1n) is 9.88. The number of nitrogens with one attached hydrogen (secondary N) is 3. The van der Waals surface area contributed by atoms with Crippen molar-refractivity contribution < 1.29 is 14.4 Å². The predicted molar refractivity (Wildman–Crippen MR) is 112 cm³/mol. The fourth-order valence-corrected chi connectivity index (χ4v) is 2.83. The number of amides is 3. The summed E-state index contributed by atoms with van der Waals surface area (Å²) in [4.78, 5) is 36.3.